The molecular weight excluding hydrogens is 480 g/mol. The maximum absolute atomic E-state index is 14.1. The molecule has 3 aromatic carbocycles. The van der Waals surface area contributed by atoms with Crippen LogP contribution in [0.5, 0.6) is 0 Å². The Balaban J connectivity index is 1.79. The number of carbonyl (C=O) groups excluding carboxylic acids is 4. The molecule has 4 amide bonds. The molecule has 0 radical (unpaired) electrons. The third-order valence-electron chi connectivity index (χ3n) is 6.67. The molecule has 0 bridgehead atoms. The minimum absolute atomic E-state index is 0.165. The first-order chi connectivity index (χ1) is 17.2. The van der Waals surface area contributed by atoms with Crippen molar-refractivity contribution in [2.24, 2.45) is 11.5 Å². The molecule has 9 heteroatoms. The summed E-state index contributed by atoms with van der Waals surface area (Å²) < 4.78 is 0. The average Bonchev–Trinajstić information content (AvgIpc) is 2.97. The summed E-state index contributed by atoms with van der Waals surface area (Å²) in [6.45, 7) is 1.90. The van der Waals surface area contributed by atoms with Crippen molar-refractivity contribution in [1.29, 1.82) is 0 Å². The van der Waals surface area contributed by atoms with Crippen molar-refractivity contribution in [3.05, 3.63) is 82.9 Å². The largest absolute Gasteiger partial charge is 0.368 e. The summed E-state index contributed by atoms with van der Waals surface area (Å²) in [7, 11) is 0. The summed E-state index contributed by atoms with van der Waals surface area (Å²) in [5, 5.41) is 2.32. The van der Waals surface area contributed by atoms with Gasteiger partial charge in [-0.3, -0.25) is 19.2 Å². The minimum atomic E-state index is -1.20. The fraction of sp³-hybridized carbons (Fsp3) is 0.259. The maximum atomic E-state index is 14.1. The number of hydrogen-bond donors (Lipinski definition) is 2. The van der Waals surface area contributed by atoms with Crippen molar-refractivity contribution >= 4 is 46.0 Å². The first-order valence-corrected chi connectivity index (χ1v) is 12.0. The van der Waals surface area contributed by atoms with Crippen molar-refractivity contribution in [1.82, 2.24) is 9.80 Å². The van der Waals surface area contributed by atoms with E-state index in [0.29, 0.717) is 17.0 Å². The van der Waals surface area contributed by atoms with Gasteiger partial charge < -0.3 is 21.3 Å². The van der Waals surface area contributed by atoms with Crippen LogP contribution in [0.1, 0.15) is 30.5 Å². The van der Waals surface area contributed by atoms with Crippen molar-refractivity contribution in [2.45, 2.75) is 37.9 Å². The monoisotopic (exact) mass is 506 g/mol. The van der Waals surface area contributed by atoms with E-state index in [-0.39, 0.29) is 13.0 Å². The molecule has 1 heterocycles. The van der Waals surface area contributed by atoms with E-state index in [2.05, 4.69) is 0 Å². The standard InChI is InChI=1S/C27H27ClN4O4/c1-16-12-13-31(22(24(29)33)15-18-8-4-7-17-6-2-3-11-21(17)18)26(35)23(32(16)27(36)25(30)34)19-9-5-10-20(28)14-19/h2-11,14,16,22-23H,12-13,15H2,1H3,(H2,29,33)(H2,30,34). The predicted molar refractivity (Wildman–Crippen MR) is 137 cm³/mol. The van der Waals surface area contributed by atoms with E-state index in [1.807, 2.05) is 42.5 Å². The molecule has 1 saturated heterocycles. The lowest BCUT2D eigenvalue weighted by atomic mass is 9.96. The van der Waals surface area contributed by atoms with Gasteiger partial charge in [0.25, 0.3) is 5.91 Å². The number of hydrogen-bond acceptors (Lipinski definition) is 4. The molecule has 3 unspecified atom stereocenters. The molecular formula is C27H27ClN4O4. The lowest BCUT2D eigenvalue weighted by Gasteiger charge is -2.35. The molecule has 8 nitrogen and oxygen atoms in total. The van der Waals surface area contributed by atoms with E-state index >= 15 is 0 Å². The number of benzene rings is 3. The maximum Gasteiger partial charge on any atom is 0.312 e. The van der Waals surface area contributed by atoms with Crippen LogP contribution in [0, 0.1) is 0 Å². The SMILES string of the molecule is CC1CCN(C(Cc2cccc3ccccc23)C(N)=O)C(=O)C(c2cccc(Cl)c2)N1C(=O)C(N)=O. The molecule has 0 spiro atoms. The second-order valence-electron chi connectivity index (χ2n) is 8.96. The van der Waals surface area contributed by atoms with Crippen LogP contribution in [0.3, 0.4) is 0 Å². The summed E-state index contributed by atoms with van der Waals surface area (Å²) in [4.78, 5) is 54.2. The molecule has 0 aromatic heterocycles. The van der Waals surface area contributed by atoms with E-state index in [0.717, 1.165) is 16.3 Å². The Labute approximate surface area is 213 Å². The summed E-state index contributed by atoms with van der Waals surface area (Å²) in [5.41, 5.74) is 12.5. The Morgan fingerprint density at radius 3 is 2.42 bits per heavy atom. The van der Waals surface area contributed by atoms with Gasteiger partial charge in [-0.15, -0.1) is 0 Å². The Morgan fingerprint density at radius 2 is 1.72 bits per heavy atom. The van der Waals surface area contributed by atoms with Crippen LogP contribution in [0.15, 0.2) is 66.7 Å². The van der Waals surface area contributed by atoms with Crippen molar-refractivity contribution in [2.75, 3.05) is 6.54 Å². The molecule has 1 aliphatic heterocycles. The Bertz CT molecular complexity index is 1340. The number of amides is 4. The topological polar surface area (TPSA) is 127 Å². The second kappa shape index (κ2) is 10.4. The zero-order valence-corrected chi connectivity index (χ0v) is 20.5. The van der Waals surface area contributed by atoms with E-state index in [4.69, 9.17) is 23.1 Å². The smallest absolute Gasteiger partial charge is 0.312 e. The van der Waals surface area contributed by atoms with Gasteiger partial charge in [-0.05, 0) is 47.4 Å². The summed E-state index contributed by atoms with van der Waals surface area (Å²) in [5.74, 6) is -3.34. The Hall–Kier alpha value is -3.91. The number of halogens is 1. The average molecular weight is 507 g/mol. The molecule has 1 aliphatic rings. The highest BCUT2D eigenvalue weighted by Gasteiger charge is 2.44. The van der Waals surface area contributed by atoms with Crippen molar-refractivity contribution in [3.8, 4) is 0 Å². The van der Waals surface area contributed by atoms with Crippen molar-refractivity contribution < 1.29 is 19.2 Å². The number of rotatable bonds is 5. The van der Waals surface area contributed by atoms with Crippen LogP contribution < -0.4 is 11.5 Å². The molecule has 3 aromatic rings. The molecule has 3 atom stereocenters. The van der Waals surface area contributed by atoms with Gasteiger partial charge in [0.05, 0.1) is 0 Å². The number of nitrogens with two attached hydrogens (primary N) is 2. The summed E-state index contributed by atoms with van der Waals surface area (Å²) in [6, 6.07) is 17.3. The van der Waals surface area contributed by atoms with Gasteiger partial charge in [0.2, 0.25) is 5.91 Å². The molecule has 4 N–H and O–H groups in total. The van der Waals surface area contributed by atoms with Crippen LogP contribution >= 0.6 is 11.6 Å². The minimum Gasteiger partial charge on any atom is -0.368 e. The third kappa shape index (κ3) is 4.90. The fourth-order valence-corrected chi connectivity index (χ4v) is 5.08. The molecule has 0 saturated carbocycles. The highest BCUT2D eigenvalue weighted by atomic mass is 35.5. The highest BCUT2D eigenvalue weighted by molar-refractivity contribution is 6.35. The van der Waals surface area contributed by atoms with Gasteiger partial charge in [0.15, 0.2) is 0 Å². The van der Waals surface area contributed by atoms with Gasteiger partial charge in [-0.2, -0.15) is 0 Å². The van der Waals surface area contributed by atoms with Gasteiger partial charge in [0.1, 0.15) is 12.1 Å². The predicted octanol–water partition coefficient (Wildman–Crippen LogP) is 2.57. The van der Waals surface area contributed by atoms with Gasteiger partial charge in [0, 0.05) is 24.0 Å². The molecule has 1 fully saturated rings. The number of fused-ring (bicyclic) bond motifs is 1. The van der Waals surface area contributed by atoms with E-state index in [1.54, 1.807) is 31.2 Å². The molecule has 4 rings (SSSR count). The first kappa shape index (κ1) is 25.2. The van der Waals surface area contributed by atoms with Crippen LogP contribution in [-0.4, -0.2) is 52.1 Å². The lowest BCUT2D eigenvalue weighted by Crippen LogP contribution is -2.53. The molecule has 186 valence electrons. The van der Waals surface area contributed by atoms with E-state index < -0.39 is 41.8 Å². The number of primary amides is 2. The quantitative estimate of drug-likeness (QED) is 0.515. The van der Waals surface area contributed by atoms with E-state index in [1.165, 1.54) is 9.80 Å². The van der Waals surface area contributed by atoms with Gasteiger partial charge in [-0.1, -0.05) is 66.2 Å². The number of carbonyl (C=O) groups is 4. The van der Waals surface area contributed by atoms with Crippen LogP contribution in [0.4, 0.5) is 0 Å². The lowest BCUT2D eigenvalue weighted by molar-refractivity contribution is -0.152. The third-order valence-corrected chi connectivity index (χ3v) is 6.90. The first-order valence-electron chi connectivity index (χ1n) is 11.6. The molecule has 36 heavy (non-hydrogen) atoms. The van der Waals surface area contributed by atoms with Gasteiger partial charge in [-0.25, -0.2) is 0 Å². The summed E-state index contributed by atoms with van der Waals surface area (Å²) >= 11 is 6.20. The highest BCUT2D eigenvalue weighted by Crippen LogP contribution is 2.33. The van der Waals surface area contributed by atoms with Crippen LogP contribution in [-0.2, 0) is 25.6 Å². The zero-order chi connectivity index (χ0) is 26.0. The van der Waals surface area contributed by atoms with Crippen LogP contribution in [0.2, 0.25) is 5.02 Å². The van der Waals surface area contributed by atoms with E-state index in [9.17, 15) is 19.2 Å². The van der Waals surface area contributed by atoms with Gasteiger partial charge >= 0.3 is 11.8 Å². The summed E-state index contributed by atoms with van der Waals surface area (Å²) in [6.07, 6.45) is 0.518. The Kier molecular flexibility index (Phi) is 7.26. The molecule has 0 aliphatic carbocycles. The Morgan fingerprint density at radius 1 is 1.03 bits per heavy atom. The number of nitrogens with zero attached hydrogens (tertiary/aromatic N) is 2. The fourth-order valence-electron chi connectivity index (χ4n) is 4.88. The normalized spacial score (nSPS) is 19.1. The van der Waals surface area contributed by atoms with Crippen molar-refractivity contribution in [3.63, 3.8) is 0 Å². The second-order valence-corrected chi connectivity index (χ2v) is 9.40. The zero-order valence-electron chi connectivity index (χ0n) is 19.8. The van der Waals surface area contributed by atoms with Crippen LogP contribution in [0.25, 0.3) is 10.8 Å².